The van der Waals surface area contributed by atoms with Gasteiger partial charge in [0.15, 0.2) is 0 Å². The Kier molecular flexibility index (Phi) is 6.91. The summed E-state index contributed by atoms with van der Waals surface area (Å²) in [4.78, 5) is 21.7. The number of carboxylic acid groups (broad SMARTS) is 1. The van der Waals surface area contributed by atoms with E-state index in [1.54, 1.807) is 24.3 Å². The molecule has 7 heteroatoms. The van der Waals surface area contributed by atoms with E-state index in [2.05, 4.69) is 10.6 Å². The number of anilines is 1. The number of carbonyl (C=O) groups is 2. The molecule has 7 nitrogen and oxygen atoms in total. The first-order chi connectivity index (χ1) is 9.61. The number of nitrogens with one attached hydrogen (secondary N) is 2. The molecule has 0 aromatic heterocycles. The highest BCUT2D eigenvalue weighted by atomic mass is 16.5. The second kappa shape index (κ2) is 8.76. The molecule has 1 aromatic rings. The van der Waals surface area contributed by atoms with Crippen molar-refractivity contribution in [3.63, 3.8) is 0 Å². The van der Waals surface area contributed by atoms with Gasteiger partial charge in [-0.2, -0.15) is 0 Å². The average molecular weight is 282 g/mol. The Morgan fingerprint density at radius 3 is 2.85 bits per heavy atom. The second-order valence-electron chi connectivity index (χ2n) is 3.79. The first-order valence-corrected chi connectivity index (χ1v) is 6.19. The van der Waals surface area contributed by atoms with Crippen molar-refractivity contribution in [3.05, 3.63) is 24.3 Å². The molecular weight excluding hydrogens is 264 g/mol. The summed E-state index contributed by atoms with van der Waals surface area (Å²) in [7, 11) is 0. The summed E-state index contributed by atoms with van der Waals surface area (Å²) in [5, 5.41) is 13.5. The monoisotopic (exact) mass is 282 g/mol. The summed E-state index contributed by atoms with van der Waals surface area (Å²) in [5.41, 5.74) is 0.611. The summed E-state index contributed by atoms with van der Waals surface area (Å²) < 4.78 is 10.1. The van der Waals surface area contributed by atoms with E-state index in [1.807, 2.05) is 6.92 Å². The molecule has 0 aliphatic rings. The minimum Gasteiger partial charge on any atom is -0.494 e. The van der Waals surface area contributed by atoms with Gasteiger partial charge in [0.2, 0.25) is 0 Å². The van der Waals surface area contributed by atoms with Crippen LogP contribution in [0.25, 0.3) is 0 Å². The van der Waals surface area contributed by atoms with Crippen molar-refractivity contribution in [2.75, 3.05) is 31.7 Å². The zero-order chi connectivity index (χ0) is 14.8. The number of aliphatic carboxylic acids is 1. The Morgan fingerprint density at radius 2 is 2.15 bits per heavy atom. The largest absolute Gasteiger partial charge is 0.494 e. The highest BCUT2D eigenvalue weighted by molar-refractivity contribution is 5.89. The van der Waals surface area contributed by atoms with Crippen molar-refractivity contribution in [1.29, 1.82) is 0 Å². The van der Waals surface area contributed by atoms with E-state index in [0.29, 0.717) is 18.0 Å². The lowest BCUT2D eigenvalue weighted by molar-refractivity contribution is -0.142. The molecule has 0 bridgehead atoms. The quantitative estimate of drug-likeness (QED) is 0.625. The van der Waals surface area contributed by atoms with Gasteiger partial charge in [-0.25, -0.2) is 9.59 Å². The van der Waals surface area contributed by atoms with Crippen molar-refractivity contribution in [2.45, 2.75) is 6.92 Å². The Balaban J connectivity index is 2.27. The van der Waals surface area contributed by atoms with E-state index in [4.69, 9.17) is 14.6 Å². The number of carboxylic acids is 1. The van der Waals surface area contributed by atoms with E-state index in [1.165, 1.54) is 0 Å². The summed E-state index contributed by atoms with van der Waals surface area (Å²) in [6.45, 7) is 2.42. The van der Waals surface area contributed by atoms with Gasteiger partial charge in [0.05, 0.1) is 13.2 Å². The molecule has 0 aliphatic heterocycles. The Morgan fingerprint density at radius 1 is 1.35 bits per heavy atom. The van der Waals surface area contributed by atoms with Crippen LogP contribution < -0.4 is 15.4 Å². The van der Waals surface area contributed by atoms with Gasteiger partial charge in [-0.15, -0.1) is 0 Å². The zero-order valence-corrected chi connectivity index (χ0v) is 11.2. The molecule has 110 valence electrons. The normalized spacial score (nSPS) is 9.85. The molecule has 1 aromatic carbocycles. The van der Waals surface area contributed by atoms with Crippen LogP contribution >= 0.6 is 0 Å². The van der Waals surface area contributed by atoms with Gasteiger partial charge >= 0.3 is 12.0 Å². The highest BCUT2D eigenvalue weighted by Gasteiger charge is 2.02. The number of carbonyl (C=O) groups excluding carboxylic acids is 1. The molecule has 0 spiro atoms. The van der Waals surface area contributed by atoms with Crippen LogP contribution in [0.1, 0.15) is 6.92 Å². The van der Waals surface area contributed by atoms with E-state index < -0.39 is 12.0 Å². The molecule has 0 saturated heterocycles. The number of hydrogen-bond acceptors (Lipinski definition) is 4. The van der Waals surface area contributed by atoms with Gasteiger partial charge in [0.25, 0.3) is 0 Å². The number of amides is 2. The first-order valence-electron chi connectivity index (χ1n) is 6.19. The molecule has 2 amide bonds. The standard InChI is InChI=1S/C13H18N2O5/c1-2-20-11-5-3-4-10(8-11)15-13(18)14-6-7-19-9-12(16)17/h3-5,8H,2,6-7,9H2,1H3,(H,16,17)(H2,14,15,18). The van der Waals surface area contributed by atoms with Crippen molar-refractivity contribution in [3.8, 4) is 5.75 Å². The number of hydrogen-bond donors (Lipinski definition) is 3. The third kappa shape index (κ3) is 6.60. The minimum atomic E-state index is -1.04. The number of benzene rings is 1. The summed E-state index contributed by atoms with van der Waals surface area (Å²) in [6, 6.07) is 6.63. The van der Waals surface area contributed by atoms with Gasteiger partial charge in [0.1, 0.15) is 12.4 Å². The van der Waals surface area contributed by atoms with Gasteiger partial charge in [-0.1, -0.05) is 6.07 Å². The molecule has 0 aliphatic carbocycles. The summed E-state index contributed by atoms with van der Waals surface area (Å²) >= 11 is 0. The van der Waals surface area contributed by atoms with E-state index in [0.717, 1.165) is 0 Å². The van der Waals surface area contributed by atoms with Crippen LogP contribution in [-0.2, 0) is 9.53 Å². The number of urea groups is 1. The zero-order valence-electron chi connectivity index (χ0n) is 11.2. The maximum absolute atomic E-state index is 11.5. The van der Waals surface area contributed by atoms with Crippen molar-refractivity contribution in [1.82, 2.24) is 5.32 Å². The number of rotatable bonds is 8. The molecule has 0 unspecified atom stereocenters. The Labute approximate surface area is 116 Å². The molecule has 3 N–H and O–H groups in total. The van der Waals surface area contributed by atoms with Crippen LogP contribution in [0.5, 0.6) is 5.75 Å². The van der Waals surface area contributed by atoms with E-state index >= 15 is 0 Å². The molecule has 0 saturated carbocycles. The molecule has 20 heavy (non-hydrogen) atoms. The fourth-order valence-electron chi connectivity index (χ4n) is 1.40. The van der Waals surface area contributed by atoms with E-state index in [9.17, 15) is 9.59 Å². The van der Waals surface area contributed by atoms with Crippen LogP contribution in [0.4, 0.5) is 10.5 Å². The molecule has 0 heterocycles. The smallest absolute Gasteiger partial charge is 0.329 e. The maximum Gasteiger partial charge on any atom is 0.329 e. The summed E-state index contributed by atoms with van der Waals surface area (Å²) in [5.74, 6) is -0.364. The lowest BCUT2D eigenvalue weighted by Crippen LogP contribution is -2.31. The van der Waals surface area contributed by atoms with E-state index in [-0.39, 0.29) is 19.8 Å². The predicted molar refractivity (Wildman–Crippen MR) is 73.1 cm³/mol. The fraction of sp³-hybridized carbons (Fsp3) is 0.385. The van der Waals surface area contributed by atoms with Crippen molar-refractivity contribution < 1.29 is 24.2 Å². The van der Waals surface area contributed by atoms with Gasteiger partial charge in [-0.3, -0.25) is 0 Å². The molecule has 0 radical (unpaired) electrons. The van der Waals surface area contributed by atoms with Crippen LogP contribution in [0, 0.1) is 0 Å². The topological polar surface area (TPSA) is 96.9 Å². The first kappa shape index (κ1) is 15.8. The van der Waals surface area contributed by atoms with Gasteiger partial charge < -0.3 is 25.2 Å². The lowest BCUT2D eigenvalue weighted by Gasteiger charge is -2.09. The maximum atomic E-state index is 11.5. The molecular formula is C13H18N2O5. The van der Waals surface area contributed by atoms with Crippen molar-refractivity contribution >= 4 is 17.7 Å². The minimum absolute atomic E-state index is 0.138. The van der Waals surface area contributed by atoms with Gasteiger partial charge in [-0.05, 0) is 19.1 Å². The van der Waals surface area contributed by atoms with Crippen LogP contribution in [0.3, 0.4) is 0 Å². The fourth-order valence-corrected chi connectivity index (χ4v) is 1.40. The lowest BCUT2D eigenvalue weighted by atomic mass is 10.3. The Bertz CT molecular complexity index is 450. The second-order valence-corrected chi connectivity index (χ2v) is 3.79. The third-order valence-corrected chi connectivity index (χ3v) is 2.16. The molecule has 0 atom stereocenters. The molecule has 1 rings (SSSR count). The summed E-state index contributed by atoms with van der Waals surface area (Å²) in [6.07, 6.45) is 0. The van der Waals surface area contributed by atoms with Crippen LogP contribution in [0.15, 0.2) is 24.3 Å². The number of ether oxygens (including phenoxy) is 2. The predicted octanol–water partition coefficient (Wildman–Crippen LogP) is 1.31. The average Bonchev–Trinajstić information content (AvgIpc) is 2.38. The Hall–Kier alpha value is -2.28. The van der Waals surface area contributed by atoms with Crippen LogP contribution in [-0.4, -0.2) is 43.5 Å². The van der Waals surface area contributed by atoms with Gasteiger partial charge in [0, 0.05) is 18.3 Å². The van der Waals surface area contributed by atoms with Crippen molar-refractivity contribution in [2.24, 2.45) is 0 Å². The SMILES string of the molecule is CCOc1cccc(NC(=O)NCCOCC(=O)O)c1. The van der Waals surface area contributed by atoms with Crippen LogP contribution in [0.2, 0.25) is 0 Å². The third-order valence-electron chi connectivity index (χ3n) is 2.16. The highest BCUT2D eigenvalue weighted by Crippen LogP contribution is 2.16. The molecule has 0 fully saturated rings.